The Morgan fingerprint density at radius 1 is 0.841 bits per heavy atom. The molecule has 16 atom stereocenters. The normalized spacial score (nSPS) is 42.8. The summed E-state index contributed by atoms with van der Waals surface area (Å²) < 4.78 is 23.7. The molecule has 1 amide bonds. The molecule has 1 aliphatic carbocycles. The zero-order valence-corrected chi connectivity index (χ0v) is 38.5. The topological polar surface area (TPSA) is 206 Å². The van der Waals surface area contributed by atoms with Crippen LogP contribution in [0, 0.1) is 41.4 Å². The highest BCUT2D eigenvalue weighted by Gasteiger charge is 2.57. The van der Waals surface area contributed by atoms with Gasteiger partial charge in [0.05, 0.1) is 24.4 Å². The number of aliphatic hydroxyl groups is 4. The number of aliphatic hydroxyl groups excluding tert-OH is 3. The zero-order valence-electron chi connectivity index (χ0n) is 38.5. The van der Waals surface area contributed by atoms with Gasteiger partial charge in [0.2, 0.25) is 5.79 Å². The van der Waals surface area contributed by atoms with Gasteiger partial charge in [-0.2, -0.15) is 0 Å². The molecule has 63 heavy (non-hydrogen) atoms. The number of esters is 1. The van der Waals surface area contributed by atoms with Gasteiger partial charge in [-0.1, -0.05) is 64.2 Å². The van der Waals surface area contributed by atoms with Crippen molar-refractivity contribution in [3.8, 4) is 0 Å². The second kappa shape index (κ2) is 22.2. The molecule has 14 heteroatoms. The zero-order chi connectivity index (χ0) is 46.3. The maximum absolute atomic E-state index is 14.4. The first-order valence-electron chi connectivity index (χ1n) is 23.1. The molecular formula is C49H73NO13. The molecule has 3 saturated heterocycles. The van der Waals surface area contributed by atoms with E-state index in [-0.39, 0.29) is 36.2 Å². The van der Waals surface area contributed by atoms with Gasteiger partial charge in [0, 0.05) is 57.3 Å². The van der Waals surface area contributed by atoms with Gasteiger partial charge in [-0.05, 0) is 101 Å². The van der Waals surface area contributed by atoms with Gasteiger partial charge in [0.25, 0.3) is 11.7 Å². The van der Waals surface area contributed by atoms with E-state index in [0.717, 1.165) is 5.57 Å². The number of ether oxygens (including phenoxy) is 4. The molecule has 0 radical (unpaired) electrons. The molecule has 352 valence electrons. The highest BCUT2D eigenvalue weighted by Crippen LogP contribution is 2.45. The summed E-state index contributed by atoms with van der Waals surface area (Å²) in [5.41, 5.74) is 1.12. The highest BCUT2D eigenvalue weighted by atomic mass is 16.6. The first-order chi connectivity index (χ1) is 29.8. The second-order valence-electron chi connectivity index (χ2n) is 19.3. The number of fused-ring (bicyclic) bond motifs is 3. The van der Waals surface area contributed by atoms with E-state index in [2.05, 4.69) is 0 Å². The van der Waals surface area contributed by atoms with E-state index in [9.17, 15) is 44.4 Å². The van der Waals surface area contributed by atoms with Crippen LogP contribution in [0.25, 0.3) is 0 Å². The molecule has 6 bridgehead atoms. The third kappa shape index (κ3) is 11.9. The molecule has 1 saturated carbocycles. The predicted molar refractivity (Wildman–Crippen MR) is 234 cm³/mol. The lowest BCUT2D eigenvalue weighted by Crippen LogP contribution is -2.65. The maximum Gasteiger partial charge on any atom is 0.329 e. The van der Waals surface area contributed by atoms with Crippen molar-refractivity contribution >= 4 is 29.2 Å². The van der Waals surface area contributed by atoms with Crippen molar-refractivity contribution in [3.05, 3.63) is 47.6 Å². The van der Waals surface area contributed by atoms with Crippen LogP contribution in [0.1, 0.15) is 112 Å². The van der Waals surface area contributed by atoms with E-state index in [4.69, 9.17) is 18.9 Å². The lowest BCUT2D eigenvalue weighted by atomic mass is 9.68. The minimum absolute atomic E-state index is 0.0327. The molecule has 5 rings (SSSR count). The van der Waals surface area contributed by atoms with E-state index in [1.807, 2.05) is 44.2 Å². The second-order valence-corrected chi connectivity index (χ2v) is 19.3. The van der Waals surface area contributed by atoms with Crippen LogP contribution in [0.5, 0.6) is 0 Å². The molecule has 4 heterocycles. The highest BCUT2D eigenvalue weighted by molar-refractivity contribution is 6.39. The Morgan fingerprint density at radius 2 is 1.57 bits per heavy atom. The maximum atomic E-state index is 14.4. The number of hydrogen-bond acceptors (Lipinski definition) is 13. The van der Waals surface area contributed by atoms with Crippen molar-refractivity contribution in [2.75, 3.05) is 20.8 Å². The molecule has 4 aliphatic heterocycles. The molecule has 0 aromatic heterocycles. The number of Topliss-reactive ketones (excluding diaryl/α,β-unsaturated/α-hetero) is 3. The Bertz CT molecular complexity index is 1770. The Balaban J connectivity index is 1.50. The average Bonchev–Trinajstić information content (AvgIpc) is 3.26. The van der Waals surface area contributed by atoms with Crippen LogP contribution >= 0.6 is 0 Å². The van der Waals surface area contributed by atoms with Gasteiger partial charge in [0.1, 0.15) is 30.1 Å². The fourth-order valence-corrected chi connectivity index (χ4v) is 10.7. The summed E-state index contributed by atoms with van der Waals surface area (Å²) in [6.45, 7) is 10.5. The van der Waals surface area contributed by atoms with Crippen molar-refractivity contribution < 1.29 is 63.3 Å². The summed E-state index contributed by atoms with van der Waals surface area (Å²) in [6.07, 6.45) is 9.47. The van der Waals surface area contributed by atoms with Gasteiger partial charge in [0.15, 0.2) is 5.78 Å². The predicted octanol–water partition coefficient (Wildman–Crippen LogP) is 4.75. The van der Waals surface area contributed by atoms with E-state index >= 15 is 0 Å². The Hall–Kier alpha value is -3.37. The monoisotopic (exact) mass is 884 g/mol. The molecule has 5 aliphatic rings. The number of carbonyl (C=O) groups is 5. The molecular weight excluding hydrogens is 811 g/mol. The van der Waals surface area contributed by atoms with Crippen LogP contribution in [0.15, 0.2) is 47.6 Å². The summed E-state index contributed by atoms with van der Waals surface area (Å²) in [5.74, 6) is -9.08. The summed E-state index contributed by atoms with van der Waals surface area (Å²) in [5, 5.41) is 44.7. The van der Waals surface area contributed by atoms with Crippen LogP contribution in [-0.4, -0.2) is 130 Å². The summed E-state index contributed by atoms with van der Waals surface area (Å²) >= 11 is 0. The summed E-state index contributed by atoms with van der Waals surface area (Å²) in [4.78, 5) is 71.5. The van der Waals surface area contributed by atoms with Crippen LogP contribution < -0.4 is 0 Å². The smallest absolute Gasteiger partial charge is 0.329 e. The fourth-order valence-electron chi connectivity index (χ4n) is 10.7. The number of rotatable bonds is 4. The van der Waals surface area contributed by atoms with Gasteiger partial charge < -0.3 is 44.3 Å². The number of ketones is 3. The van der Waals surface area contributed by atoms with Crippen LogP contribution in [0.2, 0.25) is 0 Å². The summed E-state index contributed by atoms with van der Waals surface area (Å²) in [7, 11) is 3.12. The van der Waals surface area contributed by atoms with E-state index in [0.29, 0.717) is 64.2 Å². The summed E-state index contributed by atoms with van der Waals surface area (Å²) in [6, 6.07) is -1.14. The number of carbonyl (C=O) groups excluding carboxylic acids is 5. The van der Waals surface area contributed by atoms with E-state index in [1.54, 1.807) is 41.9 Å². The quantitative estimate of drug-likeness (QED) is 0.171. The molecule has 4 N–H and O–H groups in total. The number of allylic oxidation sites excluding steroid dienone is 6. The van der Waals surface area contributed by atoms with Gasteiger partial charge in [-0.15, -0.1) is 0 Å². The Kier molecular flexibility index (Phi) is 17.8. The molecule has 0 aromatic carbocycles. The van der Waals surface area contributed by atoms with Crippen molar-refractivity contribution in [2.24, 2.45) is 41.4 Å². The van der Waals surface area contributed by atoms with Crippen molar-refractivity contribution in [1.82, 2.24) is 4.90 Å². The first-order valence-corrected chi connectivity index (χ1v) is 23.1. The lowest BCUT2D eigenvalue weighted by Gasteiger charge is -2.50. The van der Waals surface area contributed by atoms with E-state index in [1.165, 1.54) is 11.0 Å². The number of piperidine rings is 1. The first kappa shape index (κ1) is 50.6. The third-order valence-corrected chi connectivity index (χ3v) is 14.7. The number of amides is 1. The SMILES string of the molecule is CO[C@H]1C[C@@H]2CC[C@@H](C)[C@@](O)(O2)C(=O)C(=O)N2CCCC3[C@H]2C(=O)O[C@@H](CC(=O)[C@H](C)/C=C(\C)[C@@H](O)[C@@H](O)C(=O)[C@H](C)C[C@H](C)/C=C/C=C/C=C1C)[C@H]3C[C@@H]1CC[C@@H](O)[C@H](OC)C1. The Morgan fingerprint density at radius 3 is 2.27 bits per heavy atom. The molecule has 0 aromatic rings. The third-order valence-electron chi connectivity index (χ3n) is 14.7. The molecule has 14 nitrogen and oxygen atoms in total. The van der Waals surface area contributed by atoms with Crippen LogP contribution in [-0.2, 0) is 42.9 Å². The largest absolute Gasteiger partial charge is 0.460 e. The van der Waals surface area contributed by atoms with Crippen molar-refractivity contribution in [3.63, 3.8) is 0 Å². The molecule has 4 fully saturated rings. The lowest BCUT2D eigenvalue weighted by molar-refractivity contribution is -0.266. The van der Waals surface area contributed by atoms with Gasteiger partial charge >= 0.3 is 5.97 Å². The minimum atomic E-state index is -2.44. The van der Waals surface area contributed by atoms with Crippen molar-refractivity contribution in [2.45, 2.75) is 167 Å². The fraction of sp³-hybridized carbons (Fsp3) is 0.735. The van der Waals surface area contributed by atoms with Crippen LogP contribution in [0.4, 0.5) is 0 Å². The minimum Gasteiger partial charge on any atom is -0.460 e. The number of methoxy groups -OCH3 is 2. The number of nitrogens with zero attached hydrogens (tertiary/aromatic N) is 1. The van der Waals surface area contributed by atoms with Gasteiger partial charge in [-0.25, -0.2) is 4.79 Å². The average molecular weight is 884 g/mol. The number of hydrogen-bond donors (Lipinski definition) is 4. The van der Waals surface area contributed by atoms with Crippen LogP contribution in [0.3, 0.4) is 0 Å². The standard InChI is InChI=1S/C49H73NO13/c1-27-13-10-9-11-14-28(2)39(60-7)25-34-18-16-32(6)49(59,63-34)46(56)47(57)50-20-12-15-35-36(23-33-17-19-37(51)41(24-33)61-8)40(62-48(58)42(35)50)26-38(52)29(3)22-31(5)44(54)45(55)43(53)30(4)21-27/h9-11,13-14,22,27,29-30,32-37,39-42,44-45,51,54-55,59H,12,15-21,23-26H2,1-8H3/b11-9+,13-10+,28-14?,31-22+/t27-,29-,30-,32-,33+,34+,35?,36+,37-,39+,40+,41-,42+,44-,45+,49-/m1/s1. The van der Waals surface area contributed by atoms with Crippen molar-refractivity contribution in [1.29, 1.82) is 0 Å². The molecule has 0 spiro atoms. The molecule has 1 unspecified atom stereocenters. The van der Waals surface area contributed by atoms with Gasteiger partial charge in [-0.3, -0.25) is 19.2 Å². The Labute approximate surface area is 373 Å². The van der Waals surface area contributed by atoms with E-state index < -0.39 is 108 Å².